The van der Waals surface area contributed by atoms with Gasteiger partial charge in [0.25, 0.3) is 0 Å². The van der Waals surface area contributed by atoms with Gasteiger partial charge in [0.1, 0.15) is 5.82 Å². The second kappa shape index (κ2) is 9.37. The third-order valence-corrected chi connectivity index (χ3v) is 12.1. The number of nitrogens with one attached hydrogen (secondary N) is 1. The van der Waals surface area contributed by atoms with E-state index in [2.05, 4.69) is 35.1 Å². The Morgan fingerprint density at radius 3 is 2.44 bits per heavy atom. The minimum Gasteiger partial charge on any atom is -0.324 e. The van der Waals surface area contributed by atoms with Crippen molar-refractivity contribution in [2.45, 2.75) is 113 Å². The summed E-state index contributed by atoms with van der Waals surface area (Å²) >= 11 is 0. The molecule has 3 heterocycles. The van der Waals surface area contributed by atoms with Gasteiger partial charge in [-0.15, -0.1) is 0 Å². The predicted molar refractivity (Wildman–Crippen MR) is 155 cm³/mol. The Balaban J connectivity index is 1.04. The number of fused-ring (bicyclic) bond motifs is 2. The van der Waals surface area contributed by atoms with Crippen molar-refractivity contribution >= 4 is 34.2 Å². The summed E-state index contributed by atoms with van der Waals surface area (Å²) in [7, 11) is -0.981. The van der Waals surface area contributed by atoms with Crippen LogP contribution in [-0.4, -0.2) is 55.4 Å². The second-order valence-corrected chi connectivity index (χ2v) is 14.9. The monoisotopic (exact) mass is 547 g/mol. The molecule has 0 radical (unpaired) electrons. The average molecular weight is 548 g/mol. The Labute approximate surface area is 234 Å². The fraction of sp³-hybridized carbons (Fsp3) is 0.645. The molecule has 39 heavy (non-hydrogen) atoms. The minimum atomic E-state index is -0.981. The Morgan fingerprint density at radius 1 is 1.08 bits per heavy atom. The van der Waals surface area contributed by atoms with Gasteiger partial charge in [0.05, 0.1) is 16.2 Å². The molecule has 1 amide bonds. The molecule has 1 N–H and O–H groups in total. The van der Waals surface area contributed by atoms with E-state index >= 15 is 0 Å². The van der Waals surface area contributed by atoms with Gasteiger partial charge in [-0.05, 0) is 114 Å². The number of likely N-dealkylation sites (tertiary alicyclic amines) is 1. The zero-order valence-corrected chi connectivity index (χ0v) is 24.4. The number of nitrogens with zero attached hydrogens (tertiary/aromatic N) is 4. The molecular formula is C31H41N5O2S. The Kier molecular flexibility index (Phi) is 6.16. The van der Waals surface area contributed by atoms with Crippen LogP contribution in [0.4, 0.5) is 17.5 Å². The molecule has 0 bridgehead atoms. The van der Waals surface area contributed by atoms with Gasteiger partial charge in [0.15, 0.2) is 0 Å². The molecule has 1 saturated heterocycles. The molecule has 1 aromatic heterocycles. The molecule has 2 aromatic rings. The van der Waals surface area contributed by atoms with Gasteiger partial charge >= 0.3 is 0 Å². The lowest BCUT2D eigenvalue weighted by Crippen LogP contribution is -2.51. The molecule has 208 valence electrons. The number of anilines is 3. The lowest BCUT2D eigenvalue weighted by molar-refractivity contribution is -0.120. The molecule has 5 aliphatic rings. The number of amides is 1. The summed E-state index contributed by atoms with van der Waals surface area (Å²) in [6.07, 6.45) is 12.8. The molecule has 8 heteroatoms. The van der Waals surface area contributed by atoms with Crippen LogP contribution in [0.1, 0.15) is 89.2 Å². The van der Waals surface area contributed by atoms with Gasteiger partial charge in [-0.1, -0.05) is 12.8 Å². The minimum absolute atomic E-state index is 0.238. The predicted octanol–water partition coefficient (Wildman–Crippen LogP) is 5.61. The van der Waals surface area contributed by atoms with Crippen LogP contribution >= 0.6 is 0 Å². The van der Waals surface area contributed by atoms with E-state index in [0.717, 1.165) is 66.1 Å². The summed E-state index contributed by atoms with van der Waals surface area (Å²) in [6.45, 7) is 8.96. The third kappa shape index (κ3) is 4.24. The summed E-state index contributed by atoms with van der Waals surface area (Å²) < 4.78 is 13.5. The first kappa shape index (κ1) is 25.6. The quantitative estimate of drug-likeness (QED) is 0.507. The summed E-state index contributed by atoms with van der Waals surface area (Å²) in [5.41, 5.74) is 3.02. The molecule has 7 rings (SSSR count). The molecule has 1 unspecified atom stereocenters. The first-order valence-electron chi connectivity index (χ1n) is 15.0. The Bertz CT molecular complexity index is 1320. The van der Waals surface area contributed by atoms with Gasteiger partial charge in [-0.3, -0.25) is 13.9 Å². The SMILES string of the molecule is Cc1cc(S(=O)C2CC3(CCN(C(C)C)CC3)C2)ccc1Nc1ncc2c(n1)N(C1CCCC1)C(=O)C21CC1. The zero-order valence-electron chi connectivity index (χ0n) is 23.5. The fourth-order valence-corrected chi connectivity index (χ4v) is 9.59. The van der Waals surface area contributed by atoms with Crippen molar-refractivity contribution in [3.05, 3.63) is 35.5 Å². The first-order chi connectivity index (χ1) is 18.8. The summed E-state index contributed by atoms with van der Waals surface area (Å²) in [5.74, 6) is 1.57. The number of piperidine rings is 1. The van der Waals surface area contributed by atoms with Crippen LogP contribution < -0.4 is 10.2 Å². The smallest absolute Gasteiger partial charge is 0.239 e. The van der Waals surface area contributed by atoms with E-state index in [0.29, 0.717) is 17.4 Å². The van der Waals surface area contributed by atoms with Crippen molar-refractivity contribution < 1.29 is 9.00 Å². The molecule has 1 aromatic carbocycles. The van der Waals surface area contributed by atoms with E-state index < -0.39 is 10.8 Å². The summed E-state index contributed by atoms with van der Waals surface area (Å²) in [6, 6.07) is 6.96. The van der Waals surface area contributed by atoms with Crippen molar-refractivity contribution in [1.82, 2.24) is 14.9 Å². The highest BCUT2D eigenvalue weighted by atomic mass is 32.2. The van der Waals surface area contributed by atoms with Gasteiger partial charge in [0, 0.05) is 39.7 Å². The van der Waals surface area contributed by atoms with Gasteiger partial charge in [-0.2, -0.15) is 4.98 Å². The third-order valence-electron chi connectivity index (χ3n) is 10.5. The normalized spacial score (nSPS) is 24.9. The van der Waals surface area contributed by atoms with Gasteiger partial charge in [0.2, 0.25) is 11.9 Å². The molecule has 3 saturated carbocycles. The second-order valence-electron chi connectivity index (χ2n) is 13.2. The van der Waals surface area contributed by atoms with E-state index in [4.69, 9.17) is 4.98 Å². The summed E-state index contributed by atoms with van der Waals surface area (Å²) in [5, 5.41) is 3.66. The molecule has 1 atom stereocenters. The highest BCUT2D eigenvalue weighted by molar-refractivity contribution is 7.85. The van der Waals surface area contributed by atoms with Gasteiger partial charge in [-0.25, -0.2) is 4.98 Å². The lowest BCUT2D eigenvalue weighted by atomic mass is 9.63. The maximum atomic E-state index is 13.5. The van der Waals surface area contributed by atoms with Crippen molar-refractivity contribution in [1.29, 1.82) is 0 Å². The molecular weight excluding hydrogens is 506 g/mol. The fourth-order valence-electron chi connectivity index (χ4n) is 7.70. The summed E-state index contributed by atoms with van der Waals surface area (Å²) in [4.78, 5) is 28.4. The maximum absolute atomic E-state index is 13.5. The van der Waals surface area contributed by atoms with Crippen LogP contribution in [0.25, 0.3) is 0 Å². The van der Waals surface area contributed by atoms with Gasteiger partial charge < -0.3 is 10.2 Å². The number of carbonyl (C=O) groups is 1. The molecule has 3 aliphatic carbocycles. The maximum Gasteiger partial charge on any atom is 0.239 e. The highest BCUT2D eigenvalue weighted by Crippen LogP contribution is 2.58. The van der Waals surface area contributed by atoms with E-state index in [1.807, 2.05) is 30.2 Å². The molecule has 2 aliphatic heterocycles. The standard InChI is InChI=1S/C31H41N5O2S/c1-20(2)35-14-12-30(13-15-35)17-24(18-30)39(38)23-8-9-26(21(3)16-23)33-29-32-19-25-27(34-29)36(22-6-4-5-7-22)28(37)31(25)10-11-31/h8-9,16,19-20,22,24H,4-7,10-15,17-18H2,1-3H3,(H,32,33,34). The van der Waals surface area contributed by atoms with Crippen LogP contribution in [0.5, 0.6) is 0 Å². The van der Waals surface area contributed by atoms with E-state index in [9.17, 15) is 9.00 Å². The number of rotatable bonds is 6. The average Bonchev–Trinajstić information content (AvgIpc) is 3.47. The van der Waals surface area contributed by atoms with Crippen LogP contribution in [0.2, 0.25) is 0 Å². The largest absolute Gasteiger partial charge is 0.324 e. The zero-order chi connectivity index (χ0) is 26.9. The van der Waals surface area contributed by atoms with Crippen LogP contribution in [-0.2, 0) is 21.0 Å². The highest BCUT2D eigenvalue weighted by Gasteiger charge is 2.61. The topological polar surface area (TPSA) is 78.4 Å². The van der Waals surface area contributed by atoms with E-state index in [1.54, 1.807) is 0 Å². The van der Waals surface area contributed by atoms with E-state index in [-0.39, 0.29) is 22.6 Å². The van der Waals surface area contributed by atoms with E-state index in [1.165, 1.54) is 38.8 Å². The number of benzene rings is 1. The Hall–Kier alpha value is -2.32. The van der Waals surface area contributed by atoms with Crippen molar-refractivity contribution in [3.8, 4) is 0 Å². The first-order valence-corrected chi connectivity index (χ1v) is 16.2. The van der Waals surface area contributed by atoms with Crippen molar-refractivity contribution in [3.63, 3.8) is 0 Å². The van der Waals surface area contributed by atoms with Crippen LogP contribution in [0.3, 0.4) is 0 Å². The van der Waals surface area contributed by atoms with Crippen LogP contribution in [0.15, 0.2) is 29.3 Å². The molecule has 7 nitrogen and oxygen atoms in total. The van der Waals surface area contributed by atoms with Crippen LogP contribution in [0, 0.1) is 12.3 Å². The van der Waals surface area contributed by atoms with Crippen molar-refractivity contribution in [2.24, 2.45) is 5.41 Å². The number of aromatic nitrogens is 2. The number of hydrogen-bond donors (Lipinski definition) is 1. The Morgan fingerprint density at radius 2 is 1.79 bits per heavy atom. The number of hydrogen-bond acceptors (Lipinski definition) is 6. The molecule has 4 fully saturated rings. The van der Waals surface area contributed by atoms with Crippen molar-refractivity contribution in [2.75, 3.05) is 23.3 Å². The number of carbonyl (C=O) groups excluding carboxylic acids is 1. The molecule has 2 spiro atoms. The lowest BCUT2D eigenvalue weighted by Gasteiger charge is -2.52. The number of aryl methyl sites for hydroxylation is 1.